The highest BCUT2D eigenvalue weighted by molar-refractivity contribution is 9.10. The Kier molecular flexibility index (Phi) is 6.67. The Morgan fingerprint density at radius 3 is 2.48 bits per heavy atom. The SMILES string of the molecule is C[C@H]1C[C@@H](C2C=C(C(F)(F)F)C=C(C(F)(F)F)C2)OC(=O)N1Cc1nc(Cl)ccc1Br. The molecule has 1 aliphatic carbocycles. The van der Waals surface area contributed by atoms with Crippen LogP contribution in [0.4, 0.5) is 31.1 Å². The molecule has 0 spiro atoms. The number of hydrogen-bond donors (Lipinski definition) is 0. The first-order valence-electron chi connectivity index (χ1n) is 9.10. The van der Waals surface area contributed by atoms with Gasteiger partial charge in [-0.2, -0.15) is 26.3 Å². The van der Waals surface area contributed by atoms with Gasteiger partial charge in [0.05, 0.1) is 17.8 Å². The van der Waals surface area contributed by atoms with Gasteiger partial charge in [0.1, 0.15) is 11.3 Å². The van der Waals surface area contributed by atoms with E-state index in [4.69, 9.17) is 16.3 Å². The summed E-state index contributed by atoms with van der Waals surface area (Å²) in [6.45, 7) is 1.65. The Hall–Kier alpha value is -1.75. The Labute approximate surface area is 187 Å². The predicted octanol–water partition coefficient (Wildman–Crippen LogP) is 6.59. The Bertz CT molecular complexity index is 931. The molecule has 1 aromatic rings. The fraction of sp³-hybridized carbons (Fsp3) is 0.474. The lowest BCUT2D eigenvalue weighted by Crippen LogP contribution is -2.49. The molecular weight excluding hydrogens is 518 g/mol. The van der Waals surface area contributed by atoms with Gasteiger partial charge in [-0.25, -0.2) is 9.78 Å². The zero-order valence-electron chi connectivity index (χ0n) is 15.9. The smallest absolute Gasteiger partial charge is 0.416 e. The molecule has 1 amide bonds. The molecule has 1 aromatic heterocycles. The van der Waals surface area contributed by atoms with Crippen molar-refractivity contribution in [3.8, 4) is 0 Å². The number of ether oxygens (including phenoxy) is 1. The van der Waals surface area contributed by atoms with E-state index >= 15 is 0 Å². The van der Waals surface area contributed by atoms with Crippen LogP contribution in [0.1, 0.15) is 25.5 Å². The highest BCUT2D eigenvalue weighted by Gasteiger charge is 2.45. The Balaban J connectivity index is 1.80. The van der Waals surface area contributed by atoms with Gasteiger partial charge in [0.15, 0.2) is 0 Å². The molecule has 1 fully saturated rings. The van der Waals surface area contributed by atoms with E-state index in [0.717, 1.165) is 0 Å². The third kappa shape index (κ3) is 5.54. The van der Waals surface area contributed by atoms with Crippen molar-refractivity contribution >= 4 is 33.6 Å². The normalized spacial score (nSPS) is 25.1. The number of cyclic esters (lactones) is 1. The number of carbonyl (C=O) groups is 1. The molecule has 0 radical (unpaired) electrons. The van der Waals surface area contributed by atoms with Crippen LogP contribution >= 0.6 is 27.5 Å². The minimum absolute atomic E-state index is 0.00980. The van der Waals surface area contributed by atoms with Crippen LogP contribution in [0.5, 0.6) is 0 Å². The summed E-state index contributed by atoms with van der Waals surface area (Å²) in [5.74, 6) is -1.25. The van der Waals surface area contributed by atoms with Gasteiger partial charge in [0.25, 0.3) is 0 Å². The summed E-state index contributed by atoms with van der Waals surface area (Å²) in [6.07, 6.45) is -11.7. The van der Waals surface area contributed by atoms with Crippen molar-refractivity contribution in [2.45, 2.75) is 50.8 Å². The summed E-state index contributed by atoms with van der Waals surface area (Å²) in [6, 6.07) is 2.67. The maximum Gasteiger partial charge on any atom is 0.416 e. The molecule has 1 unspecified atom stereocenters. The summed E-state index contributed by atoms with van der Waals surface area (Å²) >= 11 is 9.17. The molecule has 0 aromatic carbocycles. The minimum atomic E-state index is -4.95. The Morgan fingerprint density at radius 2 is 1.90 bits per heavy atom. The zero-order valence-corrected chi connectivity index (χ0v) is 18.2. The quantitative estimate of drug-likeness (QED) is 0.325. The molecule has 0 N–H and O–H groups in total. The second-order valence-corrected chi connectivity index (χ2v) is 8.59. The number of amides is 1. The van der Waals surface area contributed by atoms with Crippen LogP contribution in [0, 0.1) is 5.92 Å². The van der Waals surface area contributed by atoms with E-state index in [9.17, 15) is 31.1 Å². The van der Waals surface area contributed by atoms with Crippen molar-refractivity contribution in [3.63, 3.8) is 0 Å². The average Bonchev–Trinajstić information content (AvgIpc) is 2.65. The van der Waals surface area contributed by atoms with Gasteiger partial charge in [0.2, 0.25) is 0 Å². The molecule has 12 heteroatoms. The number of alkyl halides is 6. The van der Waals surface area contributed by atoms with E-state index < -0.39 is 54.1 Å². The van der Waals surface area contributed by atoms with Crippen molar-refractivity contribution in [3.05, 3.63) is 50.8 Å². The van der Waals surface area contributed by atoms with E-state index in [-0.39, 0.29) is 24.2 Å². The van der Waals surface area contributed by atoms with Crippen LogP contribution in [0.2, 0.25) is 5.15 Å². The number of hydrogen-bond acceptors (Lipinski definition) is 3. The number of halogens is 8. The highest BCUT2D eigenvalue weighted by atomic mass is 79.9. The van der Waals surface area contributed by atoms with Gasteiger partial charge in [-0.05, 0) is 47.5 Å². The van der Waals surface area contributed by atoms with Gasteiger partial charge in [-0.3, -0.25) is 4.90 Å². The molecule has 2 heterocycles. The molecule has 1 aliphatic heterocycles. The van der Waals surface area contributed by atoms with Crippen LogP contribution in [0.25, 0.3) is 0 Å². The van der Waals surface area contributed by atoms with E-state index in [1.165, 1.54) is 4.90 Å². The lowest BCUT2D eigenvalue weighted by Gasteiger charge is -2.40. The first-order chi connectivity index (χ1) is 14.3. The molecule has 0 bridgehead atoms. The van der Waals surface area contributed by atoms with Crippen LogP contribution in [0.15, 0.2) is 39.9 Å². The molecule has 4 nitrogen and oxygen atoms in total. The van der Waals surface area contributed by atoms with Gasteiger partial charge < -0.3 is 4.74 Å². The van der Waals surface area contributed by atoms with Crippen molar-refractivity contribution in [1.82, 2.24) is 9.88 Å². The number of aromatic nitrogens is 1. The number of rotatable bonds is 3. The van der Waals surface area contributed by atoms with Crippen LogP contribution in [0.3, 0.4) is 0 Å². The number of carbonyl (C=O) groups excluding carboxylic acids is 1. The third-order valence-electron chi connectivity index (χ3n) is 5.14. The van der Waals surface area contributed by atoms with Crippen molar-refractivity contribution < 1.29 is 35.9 Å². The highest BCUT2D eigenvalue weighted by Crippen LogP contribution is 2.42. The second kappa shape index (κ2) is 8.65. The van der Waals surface area contributed by atoms with Crippen molar-refractivity contribution in [1.29, 1.82) is 0 Å². The fourth-order valence-electron chi connectivity index (χ4n) is 3.55. The van der Waals surface area contributed by atoms with Crippen LogP contribution < -0.4 is 0 Å². The van der Waals surface area contributed by atoms with Crippen LogP contribution in [-0.2, 0) is 11.3 Å². The lowest BCUT2D eigenvalue weighted by atomic mass is 9.83. The number of allylic oxidation sites excluding steroid dienone is 3. The molecule has 1 saturated heterocycles. The molecule has 170 valence electrons. The van der Waals surface area contributed by atoms with Gasteiger partial charge in [-0.1, -0.05) is 17.7 Å². The fourth-order valence-corrected chi connectivity index (χ4v) is 4.06. The topological polar surface area (TPSA) is 42.4 Å². The first-order valence-corrected chi connectivity index (χ1v) is 10.3. The van der Waals surface area contributed by atoms with Gasteiger partial charge in [0, 0.05) is 28.4 Å². The maximum atomic E-state index is 13.2. The van der Waals surface area contributed by atoms with Gasteiger partial charge >= 0.3 is 18.4 Å². The molecule has 31 heavy (non-hydrogen) atoms. The summed E-state index contributed by atoms with van der Waals surface area (Å²) in [7, 11) is 0. The molecule has 3 atom stereocenters. The molecular formula is C19H16BrClF6N2O2. The maximum absolute atomic E-state index is 13.2. The minimum Gasteiger partial charge on any atom is -0.445 e. The summed E-state index contributed by atoms with van der Waals surface area (Å²) in [5, 5.41) is 0.201. The van der Waals surface area contributed by atoms with Crippen molar-refractivity contribution in [2.24, 2.45) is 5.92 Å². The second-order valence-electron chi connectivity index (χ2n) is 7.35. The summed E-state index contributed by atoms with van der Waals surface area (Å²) in [4.78, 5) is 18.0. The summed E-state index contributed by atoms with van der Waals surface area (Å²) < 4.78 is 84.8. The number of nitrogens with zero attached hydrogens (tertiary/aromatic N) is 2. The van der Waals surface area contributed by atoms with Crippen molar-refractivity contribution in [2.75, 3.05) is 0 Å². The first kappa shape index (κ1) is 23.9. The Morgan fingerprint density at radius 1 is 1.23 bits per heavy atom. The largest absolute Gasteiger partial charge is 0.445 e. The lowest BCUT2D eigenvalue weighted by molar-refractivity contribution is -0.102. The van der Waals surface area contributed by atoms with E-state index in [0.29, 0.717) is 16.2 Å². The van der Waals surface area contributed by atoms with E-state index in [1.807, 2.05) is 0 Å². The zero-order chi connectivity index (χ0) is 23.1. The standard InChI is InChI=1S/C19H16BrClF6N2O2/c1-9-4-15(10-5-11(18(22,23)24)7-12(6-10)19(25,26)27)31-17(30)29(9)8-14-13(20)2-3-16(21)28-14/h2-3,5,7,9-10,15H,4,6,8H2,1H3/t9-,10?,15-/m0/s1. The molecule has 3 rings (SSSR count). The summed E-state index contributed by atoms with van der Waals surface area (Å²) in [5.41, 5.74) is -2.26. The molecule has 0 saturated carbocycles. The van der Waals surface area contributed by atoms with Crippen LogP contribution in [-0.4, -0.2) is 40.5 Å². The van der Waals surface area contributed by atoms with Gasteiger partial charge in [-0.15, -0.1) is 0 Å². The van der Waals surface area contributed by atoms with E-state index in [1.54, 1.807) is 19.1 Å². The predicted molar refractivity (Wildman–Crippen MR) is 103 cm³/mol. The third-order valence-corrected chi connectivity index (χ3v) is 6.08. The monoisotopic (exact) mass is 532 g/mol. The average molecular weight is 534 g/mol. The molecule has 2 aliphatic rings. The van der Waals surface area contributed by atoms with E-state index in [2.05, 4.69) is 20.9 Å². The number of pyridine rings is 1.